The lowest BCUT2D eigenvalue weighted by molar-refractivity contribution is 0.0954. The summed E-state index contributed by atoms with van der Waals surface area (Å²) >= 11 is 0. The Bertz CT molecular complexity index is 1370. The molecule has 6 N–H and O–H groups in total. The Labute approximate surface area is 215 Å². The van der Waals surface area contributed by atoms with Crippen LogP contribution in [-0.2, 0) is 19.5 Å². The molecule has 1 amide bonds. The number of hydrogen-bond acceptors (Lipinski definition) is 7. The predicted octanol–water partition coefficient (Wildman–Crippen LogP) is 4.21. The zero-order valence-electron chi connectivity index (χ0n) is 20.6. The molecule has 3 aromatic carbocycles. The first-order chi connectivity index (χ1) is 18.0. The van der Waals surface area contributed by atoms with Crippen LogP contribution in [0.2, 0.25) is 0 Å². The number of ether oxygens (including phenoxy) is 1. The highest BCUT2D eigenvalue weighted by molar-refractivity contribution is 5.95. The number of pyridine rings is 1. The van der Waals surface area contributed by atoms with Crippen molar-refractivity contribution in [2.75, 3.05) is 19.0 Å². The number of phenolic OH excluding ortho intramolecular Hbond substituents is 2. The quantitative estimate of drug-likeness (QED) is 0.221. The normalized spacial score (nSPS) is 10.6. The van der Waals surface area contributed by atoms with Crippen LogP contribution >= 0.6 is 0 Å². The molecule has 1 heterocycles. The molecule has 0 aliphatic heterocycles. The highest BCUT2D eigenvalue weighted by Crippen LogP contribution is 2.31. The van der Waals surface area contributed by atoms with Gasteiger partial charge in [-0.3, -0.25) is 4.79 Å². The van der Waals surface area contributed by atoms with Crippen molar-refractivity contribution in [1.82, 2.24) is 10.3 Å². The molecule has 0 saturated heterocycles. The number of aromatic hydroxyl groups is 2. The Morgan fingerprint density at radius 3 is 2.57 bits per heavy atom. The Morgan fingerprint density at radius 2 is 1.81 bits per heavy atom. The van der Waals surface area contributed by atoms with Crippen LogP contribution < -0.4 is 21.1 Å². The molecule has 8 nitrogen and oxygen atoms in total. The average Bonchev–Trinajstić information content (AvgIpc) is 2.93. The maximum atomic E-state index is 12.7. The van der Waals surface area contributed by atoms with E-state index in [9.17, 15) is 15.0 Å². The van der Waals surface area contributed by atoms with Crippen LogP contribution in [0.1, 0.15) is 27.0 Å². The second kappa shape index (κ2) is 11.9. The first-order valence-electron chi connectivity index (χ1n) is 11.9. The fraction of sp³-hybridized carbons (Fsp3) is 0.172. The zero-order valence-corrected chi connectivity index (χ0v) is 20.6. The number of aromatic nitrogens is 1. The van der Waals surface area contributed by atoms with Gasteiger partial charge in [0, 0.05) is 48.2 Å². The second-order valence-electron chi connectivity index (χ2n) is 8.51. The van der Waals surface area contributed by atoms with Crippen molar-refractivity contribution in [3.05, 3.63) is 101 Å². The molecular weight excluding hydrogens is 468 g/mol. The van der Waals surface area contributed by atoms with Crippen LogP contribution in [0.5, 0.6) is 17.4 Å². The maximum Gasteiger partial charge on any atom is 0.251 e. The Balaban J connectivity index is 1.42. The van der Waals surface area contributed by atoms with E-state index in [1.165, 1.54) is 0 Å². The standard InChI is InChI=1S/C29H30N4O4/c1-37-29-25(3-2-13-32-29)20-7-11-27(35)23(15-20)18-33-26-10-6-21(16-22(26)17-30)28(36)31-14-12-19-4-8-24(34)9-5-19/h2-11,13,15-16,33-35H,12,14,17-18,30H2,1H3,(H,31,36). The molecule has 0 bridgehead atoms. The van der Waals surface area contributed by atoms with Crippen molar-refractivity contribution < 1.29 is 19.7 Å². The van der Waals surface area contributed by atoms with E-state index in [1.807, 2.05) is 42.5 Å². The number of hydrogen-bond donors (Lipinski definition) is 5. The van der Waals surface area contributed by atoms with Crippen LogP contribution in [0.25, 0.3) is 11.1 Å². The molecule has 0 saturated carbocycles. The van der Waals surface area contributed by atoms with E-state index in [0.717, 1.165) is 27.9 Å². The van der Waals surface area contributed by atoms with Crippen molar-refractivity contribution in [2.24, 2.45) is 5.73 Å². The number of carbonyl (C=O) groups is 1. The molecule has 0 spiro atoms. The molecular formula is C29H30N4O4. The van der Waals surface area contributed by atoms with Gasteiger partial charge in [0.15, 0.2) is 0 Å². The molecule has 0 aliphatic rings. The number of methoxy groups -OCH3 is 1. The summed E-state index contributed by atoms with van der Waals surface area (Å²) in [5.41, 5.74) is 11.5. The lowest BCUT2D eigenvalue weighted by Crippen LogP contribution is -2.26. The smallest absolute Gasteiger partial charge is 0.251 e. The van der Waals surface area contributed by atoms with Gasteiger partial charge in [-0.1, -0.05) is 18.2 Å². The summed E-state index contributed by atoms with van der Waals surface area (Å²) < 4.78 is 5.37. The van der Waals surface area contributed by atoms with Gasteiger partial charge >= 0.3 is 0 Å². The van der Waals surface area contributed by atoms with E-state index in [0.29, 0.717) is 36.5 Å². The van der Waals surface area contributed by atoms with Gasteiger partial charge in [-0.15, -0.1) is 0 Å². The minimum Gasteiger partial charge on any atom is -0.508 e. The number of nitrogens with two attached hydrogens (primary N) is 1. The molecule has 8 heteroatoms. The van der Waals surface area contributed by atoms with Crippen LogP contribution in [0.3, 0.4) is 0 Å². The number of nitrogens with zero attached hydrogens (tertiary/aromatic N) is 1. The summed E-state index contributed by atoms with van der Waals surface area (Å²) in [4.78, 5) is 16.9. The van der Waals surface area contributed by atoms with E-state index in [-0.39, 0.29) is 24.0 Å². The Morgan fingerprint density at radius 1 is 1.00 bits per heavy atom. The average molecular weight is 499 g/mol. The Kier molecular flexibility index (Phi) is 8.22. The number of amides is 1. The van der Waals surface area contributed by atoms with Crippen molar-refractivity contribution in [2.45, 2.75) is 19.5 Å². The van der Waals surface area contributed by atoms with E-state index >= 15 is 0 Å². The number of anilines is 1. The van der Waals surface area contributed by atoms with Gasteiger partial charge in [-0.2, -0.15) is 0 Å². The van der Waals surface area contributed by atoms with E-state index in [2.05, 4.69) is 15.6 Å². The SMILES string of the molecule is COc1ncccc1-c1ccc(O)c(CNc2ccc(C(=O)NCCc3ccc(O)cc3)cc2CN)c1. The van der Waals surface area contributed by atoms with E-state index in [1.54, 1.807) is 43.6 Å². The summed E-state index contributed by atoms with van der Waals surface area (Å²) in [5.74, 6) is 0.704. The van der Waals surface area contributed by atoms with Crippen molar-refractivity contribution in [3.8, 4) is 28.5 Å². The molecule has 0 unspecified atom stereocenters. The largest absolute Gasteiger partial charge is 0.508 e. The van der Waals surface area contributed by atoms with Crippen LogP contribution in [0.15, 0.2) is 79.0 Å². The molecule has 0 aliphatic carbocycles. The van der Waals surface area contributed by atoms with Crippen molar-refractivity contribution in [3.63, 3.8) is 0 Å². The van der Waals surface area contributed by atoms with Gasteiger partial charge in [0.1, 0.15) is 11.5 Å². The number of carbonyl (C=O) groups excluding carboxylic acids is 1. The number of nitrogens with one attached hydrogen (secondary N) is 2. The first kappa shape index (κ1) is 25.5. The third-order valence-corrected chi connectivity index (χ3v) is 6.05. The first-order valence-corrected chi connectivity index (χ1v) is 11.9. The van der Waals surface area contributed by atoms with Crippen LogP contribution in [-0.4, -0.2) is 34.8 Å². The summed E-state index contributed by atoms with van der Waals surface area (Å²) in [6.45, 7) is 1.07. The van der Waals surface area contributed by atoms with Gasteiger partial charge in [0.05, 0.1) is 7.11 Å². The van der Waals surface area contributed by atoms with Crippen molar-refractivity contribution >= 4 is 11.6 Å². The third kappa shape index (κ3) is 6.36. The fourth-order valence-corrected chi connectivity index (χ4v) is 4.02. The van der Waals surface area contributed by atoms with E-state index in [4.69, 9.17) is 10.5 Å². The van der Waals surface area contributed by atoms with Gasteiger partial charge in [-0.05, 0) is 77.7 Å². The number of phenols is 2. The molecule has 0 atom stereocenters. The molecule has 1 aromatic heterocycles. The van der Waals surface area contributed by atoms with Gasteiger partial charge in [-0.25, -0.2) is 4.98 Å². The lowest BCUT2D eigenvalue weighted by Gasteiger charge is -2.15. The summed E-state index contributed by atoms with van der Waals surface area (Å²) in [7, 11) is 1.57. The third-order valence-electron chi connectivity index (χ3n) is 6.05. The molecule has 190 valence electrons. The molecule has 0 fully saturated rings. The van der Waals surface area contributed by atoms with E-state index < -0.39 is 0 Å². The monoisotopic (exact) mass is 498 g/mol. The second-order valence-corrected chi connectivity index (χ2v) is 8.51. The summed E-state index contributed by atoms with van der Waals surface area (Å²) in [6, 6.07) is 21.4. The fourth-order valence-electron chi connectivity index (χ4n) is 4.02. The van der Waals surface area contributed by atoms with Crippen molar-refractivity contribution in [1.29, 1.82) is 0 Å². The Hall–Kier alpha value is -4.56. The molecule has 4 rings (SSSR count). The van der Waals surface area contributed by atoms with Crippen LogP contribution in [0.4, 0.5) is 5.69 Å². The minimum absolute atomic E-state index is 0.165. The molecule has 0 radical (unpaired) electrons. The highest BCUT2D eigenvalue weighted by Gasteiger charge is 2.12. The zero-order chi connectivity index (χ0) is 26.2. The van der Waals surface area contributed by atoms with Gasteiger partial charge < -0.3 is 31.3 Å². The molecule has 4 aromatic rings. The number of benzene rings is 3. The maximum absolute atomic E-state index is 12.7. The van der Waals surface area contributed by atoms with Gasteiger partial charge in [0.2, 0.25) is 5.88 Å². The minimum atomic E-state index is -0.184. The molecule has 37 heavy (non-hydrogen) atoms. The van der Waals surface area contributed by atoms with Gasteiger partial charge in [0.25, 0.3) is 5.91 Å². The lowest BCUT2D eigenvalue weighted by atomic mass is 10.0. The summed E-state index contributed by atoms with van der Waals surface area (Å²) in [6.07, 6.45) is 2.32. The topological polar surface area (TPSA) is 130 Å². The highest BCUT2D eigenvalue weighted by atomic mass is 16.5. The predicted molar refractivity (Wildman–Crippen MR) is 144 cm³/mol. The summed E-state index contributed by atoms with van der Waals surface area (Å²) in [5, 5.41) is 26.1. The van der Waals surface area contributed by atoms with Crippen LogP contribution in [0, 0.1) is 0 Å². The number of rotatable bonds is 10.